The summed E-state index contributed by atoms with van der Waals surface area (Å²) in [4.78, 5) is 15.5. The predicted octanol–water partition coefficient (Wildman–Crippen LogP) is 2.98. The zero-order chi connectivity index (χ0) is 19.0. The number of carboxylic acids is 1. The van der Waals surface area contributed by atoms with Gasteiger partial charge in [-0.15, -0.1) is 0 Å². The molecule has 0 radical (unpaired) electrons. The van der Waals surface area contributed by atoms with Gasteiger partial charge in [-0.3, -0.25) is 5.10 Å². The van der Waals surface area contributed by atoms with E-state index in [0.29, 0.717) is 34.3 Å². The average molecular weight is 363 g/mol. The lowest BCUT2D eigenvalue weighted by Crippen LogP contribution is -2.01. The topological polar surface area (TPSA) is 116 Å². The van der Waals surface area contributed by atoms with E-state index in [-0.39, 0.29) is 11.4 Å². The molecule has 2 aromatic heterocycles. The summed E-state index contributed by atoms with van der Waals surface area (Å²) in [6.45, 7) is 0.373. The number of phenols is 1. The fraction of sp³-hybridized carbons (Fsp3) is 0.105. The maximum absolute atomic E-state index is 11.2. The maximum atomic E-state index is 11.2. The molecule has 0 aliphatic heterocycles. The first-order valence-corrected chi connectivity index (χ1v) is 8.27. The molecule has 8 heteroatoms. The molecular weight excluding hydrogens is 346 g/mol. The van der Waals surface area contributed by atoms with Crippen molar-refractivity contribution in [1.82, 2.24) is 19.7 Å². The zero-order valence-corrected chi connectivity index (χ0v) is 14.5. The van der Waals surface area contributed by atoms with Crippen LogP contribution in [0, 0.1) is 0 Å². The number of hydrogen-bond donors (Lipinski definition) is 4. The first-order chi connectivity index (χ1) is 13.0. The third kappa shape index (κ3) is 3.08. The van der Waals surface area contributed by atoms with Crippen molar-refractivity contribution >= 4 is 22.6 Å². The van der Waals surface area contributed by atoms with Gasteiger partial charge in [-0.25, -0.2) is 9.78 Å². The number of rotatable bonds is 5. The van der Waals surface area contributed by atoms with E-state index in [9.17, 15) is 15.0 Å². The maximum Gasteiger partial charge on any atom is 0.357 e. The molecule has 27 heavy (non-hydrogen) atoms. The Hall–Kier alpha value is -3.81. The van der Waals surface area contributed by atoms with Gasteiger partial charge in [0, 0.05) is 42.0 Å². The molecule has 0 amide bonds. The molecule has 136 valence electrons. The van der Waals surface area contributed by atoms with Crippen molar-refractivity contribution in [3.63, 3.8) is 0 Å². The number of fused-ring (bicyclic) bond motifs is 1. The number of aromatic amines is 1. The number of aromatic carboxylic acids is 1. The fourth-order valence-electron chi connectivity index (χ4n) is 2.98. The van der Waals surface area contributed by atoms with Gasteiger partial charge in [0.05, 0.1) is 17.5 Å². The van der Waals surface area contributed by atoms with Gasteiger partial charge in [0.15, 0.2) is 5.69 Å². The number of benzene rings is 2. The van der Waals surface area contributed by atoms with Gasteiger partial charge in [-0.1, -0.05) is 12.1 Å². The molecule has 0 bridgehead atoms. The van der Waals surface area contributed by atoms with Crippen molar-refractivity contribution in [1.29, 1.82) is 0 Å². The number of anilines is 1. The monoisotopic (exact) mass is 363 g/mol. The number of hydrogen-bond acceptors (Lipinski definition) is 5. The summed E-state index contributed by atoms with van der Waals surface area (Å²) in [7, 11) is 1.87. The number of nitrogens with zero attached hydrogens (tertiary/aromatic N) is 3. The summed E-state index contributed by atoms with van der Waals surface area (Å²) in [5.41, 5.74) is 3.43. The highest BCUT2D eigenvalue weighted by Gasteiger charge is 2.14. The van der Waals surface area contributed by atoms with Gasteiger partial charge in [-0.05, 0) is 24.3 Å². The number of carbonyl (C=O) groups is 1. The van der Waals surface area contributed by atoms with Crippen LogP contribution in [0.3, 0.4) is 0 Å². The summed E-state index contributed by atoms with van der Waals surface area (Å²) >= 11 is 0. The van der Waals surface area contributed by atoms with Crippen LogP contribution >= 0.6 is 0 Å². The zero-order valence-electron chi connectivity index (χ0n) is 14.5. The molecule has 2 heterocycles. The first-order valence-electron chi connectivity index (χ1n) is 8.27. The predicted molar refractivity (Wildman–Crippen MR) is 101 cm³/mol. The van der Waals surface area contributed by atoms with Gasteiger partial charge in [0.25, 0.3) is 0 Å². The third-order valence-corrected chi connectivity index (χ3v) is 4.35. The largest absolute Gasteiger partial charge is 0.507 e. The van der Waals surface area contributed by atoms with Crippen molar-refractivity contribution in [3.05, 3.63) is 60.2 Å². The number of aromatic nitrogens is 4. The van der Waals surface area contributed by atoms with E-state index in [1.807, 2.05) is 42.1 Å². The number of imidazole rings is 1. The normalized spacial score (nSPS) is 11.0. The van der Waals surface area contributed by atoms with Crippen molar-refractivity contribution in [2.24, 2.45) is 7.05 Å². The van der Waals surface area contributed by atoms with Crippen LogP contribution in [0.4, 0.5) is 5.69 Å². The average Bonchev–Trinajstić information content (AvgIpc) is 3.26. The van der Waals surface area contributed by atoms with Crippen molar-refractivity contribution < 1.29 is 15.0 Å². The molecule has 0 saturated carbocycles. The summed E-state index contributed by atoms with van der Waals surface area (Å²) in [6, 6.07) is 10.8. The molecule has 4 aromatic rings. The molecule has 0 fully saturated rings. The highest BCUT2D eigenvalue weighted by molar-refractivity contribution is 6.01. The first kappa shape index (κ1) is 16.6. The minimum Gasteiger partial charge on any atom is -0.507 e. The van der Waals surface area contributed by atoms with E-state index in [1.165, 1.54) is 0 Å². The van der Waals surface area contributed by atoms with E-state index in [4.69, 9.17) is 0 Å². The summed E-state index contributed by atoms with van der Waals surface area (Å²) in [6.07, 6.45) is 3.52. The SMILES string of the molecule is Cn1cnc(-c2cccc(CNc3ccc4[nH]nc(C(=O)O)c4c3)c2O)c1. The summed E-state index contributed by atoms with van der Waals surface area (Å²) < 4.78 is 1.82. The second kappa shape index (κ2) is 6.49. The summed E-state index contributed by atoms with van der Waals surface area (Å²) in [5, 5.41) is 30.1. The van der Waals surface area contributed by atoms with Gasteiger partial charge >= 0.3 is 5.97 Å². The number of H-pyrrole nitrogens is 1. The summed E-state index contributed by atoms with van der Waals surface area (Å²) in [5.74, 6) is -0.918. The Labute approximate surface area is 154 Å². The van der Waals surface area contributed by atoms with E-state index >= 15 is 0 Å². The van der Waals surface area contributed by atoms with E-state index in [1.54, 1.807) is 18.5 Å². The highest BCUT2D eigenvalue weighted by Crippen LogP contribution is 2.31. The Balaban J connectivity index is 1.59. The van der Waals surface area contributed by atoms with Gasteiger partial charge in [0.2, 0.25) is 0 Å². The van der Waals surface area contributed by atoms with Crippen LogP contribution < -0.4 is 5.32 Å². The van der Waals surface area contributed by atoms with Gasteiger partial charge in [0.1, 0.15) is 5.75 Å². The quantitative estimate of drug-likeness (QED) is 0.433. The number of nitrogens with one attached hydrogen (secondary N) is 2. The number of carboxylic acid groups (broad SMARTS) is 1. The van der Waals surface area contributed by atoms with Crippen molar-refractivity contribution in [3.8, 4) is 17.0 Å². The Kier molecular flexibility index (Phi) is 4.00. The molecule has 0 spiro atoms. The van der Waals surface area contributed by atoms with Crippen molar-refractivity contribution in [2.75, 3.05) is 5.32 Å². The van der Waals surface area contributed by atoms with Gasteiger partial charge < -0.3 is 20.1 Å². The standard InChI is InChI=1S/C19H17N5O3/c1-24-9-16(21-10-24)13-4-2-3-11(18(13)25)8-20-12-5-6-15-14(7-12)17(19(26)27)23-22-15/h2-7,9-10,20,25H,8H2,1H3,(H,22,23)(H,26,27). The smallest absolute Gasteiger partial charge is 0.357 e. The molecule has 0 atom stereocenters. The fourth-order valence-corrected chi connectivity index (χ4v) is 2.98. The molecular formula is C19H17N5O3. The Morgan fingerprint density at radius 2 is 2.15 bits per heavy atom. The molecule has 0 aliphatic rings. The highest BCUT2D eigenvalue weighted by atomic mass is 16.4. The van der Waals surface area contributed by atoms with Crippen LogP contribution in [0.2, 0.25) is 0 Å². The van der Waals surface area contributed by atoms with Crippen LogP contribution in [0.1, 0.15) is 16.1 Å². The van der Waals surface area contributed by atoms with E-state index in [0.717, 1.165) is 5.69 Å². The molecule has 0 aliphatic carbocycles. The minimum atomic E-state index is -1.08. The second-order valence-corrected chi connectivity index (χ2v) is 6.23. The van der Waals surface area contributed by atoms with Gasteiger partial charge in [-0.2, -0.15) is 5.10 Å². The minimum absolute atomic E-state index is 0.0198. The number of aryl methyl sites for hydroxylation is 1. The molecule has 2 aromatic carbocycles. The molecule has 4 rings (SSSR count). The lowest BCUT2D eigenvalue weighted by Gasteiger charge is -2.11. The Morgan fingerprint density at radius 1 is 1.30 bits per heavy atom. The van der Waals surface area contributed by atoms with Crippen LogP contribution in [0.25, 0.3) is 22.2 Å². The Morgan fingerprint density at radius 3 is 2.89 bits per heavy atom. The van der Waals surface area contributed by atoms with Crippen LogP contribution in [0.15, 0.2) is 48.9 Å². The van der Waals surface area contributed by atoms with Crippen LogP contribution in [0.5, 0.6) is 5.75 Å². The lowest BCUT2D eigenvalue weighted by molar-refractivity contribution is 0.0692. The molecule has 0 unspecified atom stereocenters. The lowest BCUT2D eigenvalue weighted by atomic mass is 10.1. The molecule has 4 N–H and O–H groups in total. The number of phenolic OH excluding ortho intramolecular Hbond substituents is 1. The van der Waals surface area contributed by atoms with E-state index in [2.05, 4.69) is 20.5 Å². The van der Waals surface area contributed by atoms with Crippen LogP contribution in [-0.4, -0.2) is 35.9 Å². The third-order valence-electron chi connectivity index (χ3n) is 4.35. The van der Waals surface area contributed by atoms with Crippen molar-refractivity contribution in [2.45, 2.75) is 6.54 Å². The van der Waals surface area contributed by atoms with E-state index < -0.39 is 5.97 Å². The molecule has 0 saturated heterocycles. The molecule has 8 nitrogen and oxygen atoms in total. The Bertz CT molecular complexity index is 1150. The van der Waals surface area contributed by atoms with Crippen LogP contribution in [-0.2, 0) is 13.6 Å². The second-order valence-electron chi connectivity index (χ2n) is 6.23. The number of aromatic hydroxyl groups is 1. The number of para-hydroxylation sites is 1.